The zero-order valence-electron chi connectivity index (χ0n) is 13.0. The van der Waals surface area contributed by atoms with Gasteiger partial charge in [-0.25, -0.2) is 9.59 Å². The second-order valence-corrected chi connectivity index (χ2v) is 6.58. The number of imide groups is 1. The molecule has 0 radical (unpaired) electrons. The van der Waals surface area contributed by atoms with Crippen LogP contribution in [0.3, 0.4) is 0 Å². The number of ether oxygens (including phenoxy) is 1. The van der Waals surface area contributed by atoms with Crippen LogP contribution >= 0.6 is 11.3 Å². The highest BCUT2D eigenvalue weighted by atomic mass is 32.1. The van der Waals surface area contributed by atoms with Crippen molar-refractivity contribution >= 4 is 29.2 Å². The van der Waals surface area contributed by atoms with Crippen molar-refractivity contribution in [1.82, 2.24) is 5.32 Å². The third-order valence-corrected chi connectivity index (χ3v) is 5.03. The number of amides is 3. The van der Waals surface area contributed by atoms with E-state index in [0.29, 0.717) is 4.88 Å². The summed E-state index contributed by atoms with van der Waals surface area (Å²) in [6.45, 7) is 1.39. The molecule has 1 aromatic carbocycles. The maximum absolute atomic E-state index is 12.3. The van der Waals surface area contributed by atoms with E-state index in [4.69, 9.17) is 10.5 Å². The molecular weight excluding hydrogens is 328 g/mol. The van der Waals surface area contributed by atoms with Crippen LogP contribution in [0, 0.1) is 0 Å². The highest BCUT2D eigenvalue weighted by molar-refractivity contribution is 7.17. The lowest BCUT2D eigenvalue weighted by Crippen LogP contribution is -2.42. The topological polar surface area (TPSA) is 98.5 Å². The number of fused-ring (bicyclic) bond motifs is 3. The summed E-state index contributed by atoms with van der Waals surface area (Å²) in [5, 5.41) is 1.89. The minimum Gasteiger partial charge on any atom is -0.448 e. The van der Waals surface area contributed by atoms with Crippen LogP contribution in [0.2, 0.25) is 0 Å². The molecule has 24 heavy (non-hydrogen) atoms. The predicted molar refractivity (Wildman–Crippen MR) is 89.8 cm³/mol. The average molecular weight is 344 g/mol. The van der Waals surface area contributed by atoms with Crippen molar-refractivity contribution in [2.45, 2.75) is 25.9 Å². The Morgan fingerprint density at radius 1 is 1.21 bits per heavy atom. The largest absolute Gasteiger partial charge is 0.448 e. The molecule has 1 aliphatic carbocycles. The molecule has 1 aliphatic rings. The number of thiophene rings is 1. The molecule has 1 atom stereocenters. The van der Waals surface area contributed by atoms with E-state index in [-0.39, 0.29) is 0 Å². The van der Waals surface area contributed by atoms with Crippen molar-refractivity contribution in [2.75, 3.05) is 0 Å². The average Bonchev–Trinajstić information content (AvgIpc) is 2.99. The number of nitrogens with two attached hydrogens (primary N) is 1. The fourth-order valence-corrected chi connectivity index (χ4v) is 3.82. The van der Waals surface area contributed by atoms with Gasteiger partial charge in [0.05, 0.1) is 0 Å². The van der Waals surface area contributed by atoms with Gasteiger partial charge in [0.1, 0.15) is 4.88 Å². The van der Waals surface area contributed by atoms with Crippen molar-refractivity contribution in [1.29, 1.82) is 0 Å². The Morgan fingerprint density at radius 2 is 1.92 bits per heavy atom. The maximum atomic E-state index is 12.3. The number of benzene rings is 1. The first kappa shape index (κ1) is 16.2. The van der Waals surface area contributed by atoms with E-state index in [1.165, 1.54) is 23.8 Å². The summed E-state index contributed by atoms with van der Waals surface area (Å²) in [6.07, 6.45) is 0.705. The van der Waals surface area contributed by atoms with E-state index < -0.39 is 24.0 Å². The van der Waals surface area contributed by atoms with E-state index in [9.17, 15) is 14.4 Å². The van der Waals surface area contributed by atoms with E-state index in [2.05, 4.69) is 6.07 Å². The third kappa shape index (κ3) is 3.16. The zero-order chi connectivity index (χ0) is 17.3. The van der Waals surface area contributed by atoms with E-state index in [0.717, 1.165) is 28.8 Å². The van der Waals surface area contributed by atoms with Crippen molar-refractivity contribution in [3.8, 4) is 10.4 Å². The second-order valence-electron chi connectivity index (χ2n) is 5.52. The molecule has 3 N–H and O–H groups in total. The molecular formula is C17H16N2O4S. The first-order valence-electron chi connectivity index (χ1n) is 7.48. The van der Waals surface area contributed by atoms with Crippen LogP contribution in [-0.4, -0.2) is 24.0 Å². The molecule has 0 spiro atoms. The van der Waals surface area contributed by atoms with Crippen molar-refractivity contribution in [2.24, 2.45) is 5.73 Å². The van der Waals surface area contributed by atoms with Crippen LogP contribution in [-0.2, 0) is 22.4 Å². The van der Waals surface area contributed by atoms with Crippen LogP contribution in [0.15, 0.2) is 30.3 Å². The van der Waals surface area contributed by atoms with Gasteiger partial charge in [-0.2, -0.15) is 0 Å². The number of esters is 1. The van der Waals surface area contributed by atoms with Gasteiger partial charge in [0, 0.05) is 4.88 Å². The molecule has 0 aliphatic heterocycles. The minimum atomic E-state index is -1.10. The standard InChI is InChI=1S/C17H16N2O4S/c1-9(15(20)19-17(18)22)23-16(21)13-8-11-7-6-10-4-2-3-5-12(10)14(11)24-13/h2-5,8-9H,6-7H2,1H3,(H3,18,19,20,22)/t9-/m0/s1. The van der Waals surface area contributed by atoms with Gasteiger partial charge in [-0.3, -0.25) is 10.1 Å². The van der Waals surface area contributed by atoms with Crippen LogP contribution in [0.25, 0.3) is 10.4 Å². The molecule has 0 saturated carbocycles. The fraction of sp³-hybridized carbons (Fsp3) is 0.235. The van der Waals surface area contributed by atoms with Crippen LogP contribution < -0.4 is 11.1 Å². The number of nitrogens with one attached hydrogen (secondary N) is 1. The zero-order valence-corrected chi connectivity index (χ0v) is 13.8. The minimum absolute atomic E-state index is 0.440. The summed E-state index contributed by atoms with van der Waals surface area (Å²) in [5.41, 5.74) is 8.39. The van der Waals surface area contributed by atoms with Gasteiger partial charge in [-0.05, 0) is 42.5 Å². The Bertz CT molecular complexity index is 828. The number of primary amides is 1. The lowest BCUT2D eigenvalue weighted by Gasteiger charge is -2.15. The Kier molecular flexibility index (Phi) is 4.35. The first-order chi connectivity index (χ1) is 11.5. The Morgan fingerprint density at radius 3 is 2.67 bits per heavy atom. The van der Waals surface area contributed by atoms with Gasteiger partial charge < -0.3 is 10.5 Å². The maximum Gasteiger partial charge on any atom is 0.349 e. The highest BCUT2D eigenvalue weighted by Crippen LogP contribution is 2.39. The molecule has 0 fully saturated rings. The van der Waals surface area contributed by atoms with E-state index in [1.54, 1.807) is 0 Å². The molecule has 0 saturated heterocycles. The quantitative estimate of drug-likeness (QED) is 0.834. The number of aryl methyl sites for hydroxylation is 2. The summed E-state index contributed by atoms with van der Waals surface area (Å²) in [6, 6.07) is 8.95. The predicted octanol–water partition coefficient (Wildman–Crippen LogP) is 2.25. The Hall–Kier alpha value is -2.67. The number of carbonyl (C=O) groups is 3. The number of rotatable bonds is 3. The summed E-state index contributed by atoms with van der Waals surface area (Å²) in [7, 11) is 0. The summed E-state index contributed by atoms with van der Waals surface area (Å²) < 4.78 is 5.12. The molecule has 1 heterocycles. The molecule has 3 amide bonds. The van der Waals surface area contributed by atoms with Gasteiger partial charge in [-0.1, -0.05) is 24.3 Å². The molecule has 124 valence electrons. The first-order valence-corrected chi connectivity index (χ1v) is 8.29. The molecule has 7 heteroatoms. The van der Waals surface area contributed by atoms with Gasteiger partial charge in [-0.15, -0.1) is 11.3 Å². The van der Waals surface area contributed by atoms with Gasteiger partial charge >= 0.3 is 12.0 Å². The molecule has 1 aromatic heterocycles. The van der Waals surface area contributed by atoms with E-state index >= 15 is 0 Å². The van der Waals surface area contributed by atoms with E-state index in [1.807, 2.05) is 29.6 Å². The monoisotopic (exact) mass is 344 g/mol. The number of hydrogen-bond acceptors (Lipinski definition) is 5. The van der Waals surface area contributed by atoms with Gasteiger partial charge in [0.15, 0.2) is 6.10 Å². The summed E-state index contributed by atoms with van der Waals surface area (Å²) >= 11 is 1.36. The van der Waals surface area contributed by atoms with Crippen LogP contribution in [0.1, 0.15) is 27.7 Å². The molecule has 2 aromatic rings. The Balaban J connectivity index is 1.78. The third-order valence-electron chi connectivity index (χ3n) is 3.84. The van der Waals surface area contributed by atoms with Crippen molar-refractivity contribution in [3.05, 3.63) is 46.3 Å². The molecule has 6 nitrogen and oxygen atoms in total. The number of hydrogen-bond donors (Lipinski definition) is 2. The van der Waals surface area contributed by atoms with Crippen LogP contribution in [0.5, 0.6) is 0 Å². The Labute approximate surface area is 142 Å². The lowest BCUT2D eigenvalue weighted by atomic mass is 9.91. The molecule has 0 unspecified atom stereocenters. The van der Waals surface area contributed by atoms with Crippen LogP contribution in [0.4, 0.5) is 4.79 Å². The number of urea groups is 1. The van der Waals surface area contributed by atoms with Gasteiger partial charge in [0.2, 0.25) is 0 Å². The summed E-state index contributed by atoms with van der Waals surface area (Å²) in [5.74, 6) is -1.33. The molecule has 0 bridgehead atoms. The number of carbonyl (C=O) groups excluding carboxylic acids is 3. The van der Waals surface area contributed by atoms with Gasteiger partial charge in [0.25, 0.3) is 5.91 Å². The normalized spacial score (nSPS) is 13.4. The summed E-state index contributed by atoms with van der Waals surface area (Å²) in [4.78, 5) is 36.0. The van der Waals surface area contributed by atoms with Crippen molar-refractivity contribution < 1.29 is 19.1 Å². The highest BCUT2D eigenvalue weighted by Gasteiger charge is 2.25. The smallest absolute Gasteiger partial charge is 0.349 e. The fourth-order valence-electron chi connectivity index (χ4n) is 2.67. The second kappa shape index (κ2) is 6.45. The SMILES string of the molecule is C[C@H](OC(=O)c1cc2c(s1)-c1ccccc1CC2)C(=O)NC(N)=O. The lowest BCUT2D eigenvalue weighted by molar-refractivity contribution is -0.127. The molecule has 3 rings (SSSR count). The van der Waals surface area contributed by atoms with Crippen molar-refractivity contribution in [3.63, 3.8) is 0 Å².